The first-order chi connectivity index (χ1) is 13.6. The van der Waals surface area contributed by atoms with Crippen molar-refractivity contribution >= 4 is 23.9 Å². The molecule has 0 heterocycles. The van der Waals surface area contributed by atoms with Crippen LogP contribution in [0.25, 0.3) is 4.85 Å². The number of esters is 4. The maximum Gasteiger partial charge on any atom is 0.348 e. The van der Waals surface area contributed by atoms with Crippen molar-refractivity contribution in [2.45, 2.75) is 0 Å². The van der Waals surface area contributed by atoms with Crippen LogP contribution in [0.15, 0.2) is 49.7 Å². The molecule has 0 aliphatic rings. The highest BCUT2D eigenvalue weighted by atomic mass is 16.6. The predicted molar refractivity (Wildman–Crippen MR) is 97.2 cm³/mol. The van der Waals surface area contributed by atoms with Gasteiger partial charge in [-0.3, -0.25) is 4.79 Å². The Morgan fingerprint density at radius 1 is 0.897 bits per heavy atom. The Morgan fingerprint density at radius 2 is 1.31 bits per heavy atom. The first-order valence-corrected chi connectivity index (χ1v) is 7.72. The lowest BCUT2D eigenvalue weighted by atomic mass is 9.92. The summed E-state index contributed by atoms with van der Waals surface area (Å²) in [5.41, 5.74) is -2.61. The van der Waals surface area contributed by atoms with Gasteiger partial charge in [0.05, 0.1) is 6.57 Å². The molecular formula is C19H18N2O8. The summed E-state index contributed by atoms with van der Waals surface area (Å²) in [6, 6.07) is 1.50. The molecule has 10 nitrogen and oxygen atoms in total. The fourth-order valence-electron chi connectivity index (χ4n) is 1.52. The van der Waals surface area contributed by atoms with Gasteiger partial charge in [-0.05, 0) is 0 Å². The largest absolute Gasteiger partial charge is 0.470 e. The third-order valence-corrected chi connectivity index (χ3v) is 3.15. The van der Waals surface area contributed by atoms with Gasteiger partial charge in [-0.2, -0.15) is 5.26 Å². The maximum atomic E-state index is 11.8. The Morgan fingerprint density at radius 3 is 1.69 bits per heavy atom. The first-order valence-electron chi connectivity index (χ1n) is 7.72. The minimum Gasteiger partial charge on any atom is -0.470 e. The number of carbonyl (C=O) groups excluding carboxylic acids is 4. The van der Waals surface area contributed by atoms with Gasteiger partial charge in [0.2, 0.25) is 0 Å². The predicted octanol–water partition coefficient (Wildman–Crippen LogP) is 1.03. The number of carbonyl (C=O) groups is 4. The van der Waals surface area contributed by atoms with Gasteiger partial charge in [0.25, 0.3) is 5.70 Å². The monoisotopic (exact) mass is 402 g/mol. The van der Waals surface area contributed by atoms with Crippen molar-refractivity contribution in [2.75, 3.05) is 26.4 Å². The van der Waals surface area contributed by atoms with Crippen LogP contribution in [0.2, 0.25) is 0 Å². The van der Waals surface area contributed by atoms with Crippen molar-refractivity contribution in [3.63, 3.8) is 0 Å². The van der Waals surface area contributed by atoms with Crippen molar-refractivity contribution in [1.82, 2.24) is 0 Å². The van der Waals surface area contributed by atoms with Crippen LogP contribution in [-0.4, -0.2) is 50.3 Å². The molecule has 0 aromatic rings. The van der Waals surface area contributed by atoms with E-state index in [1.165, 1.54) is 6.07 Å². The van der Waals surface area contributed by atoms with Crippen LogP contribution in [-0.2, 0) is 38.1 Å². The average Bonchev–Trinajstić information content (AvgIpc) is 2.75. The fourth-order valence-corrected chi connectivity index (χ4v) is 1.52. The van der Waals surface area contributed by atoms with Crippen molar-refractivity contribution in [2.24, 2.45) is 5.41 Å². The third kappa shape index (κ3) is 8.84. The number of nitriles is 1. The number of hydrogen-bond acceptors (Lipinski definition) is 9. The van der Waals surface area contributed by atoms with Gasteiger partial charge in [-0.15, -0.1) is 0 Å². The highest BCUT2D eigenvalue weighted by Gasteiger charge is 2.38. The molecule has 0 radical (unpaired) electrons. The fraction of sp³-hybridized carbons (Fsp3) is 0.263. The summed E-state index contributed by atoms with van der Waals surface area (Å²) in [4.78, 5) is 49.2. The lowest BCUT2D eigenvalue weighted by Crippen LogP contribution is -2.44. The molecule has 0 aromatic carbocycles. The molecule has 0 unspecified atom stereocenters. The van der Waals surface area contributed by atoms with Crippen LogP contribution < -0.4 is 0 Å². The van der Waals surface area contributed by atoms with Crippen LogP contribution in [0.1, 0.15) is 0 Å². The molecule has 10 heteroatoms. The molecule has 152 valence electrons. The molecule has 0 saturated carbocycles. The summed E-state index contributed by atoms with van der Waals surface area (Å²) >= 11 is 0. The van der Waals surface area contributed by atoms with Gasteiger partial charge in [0.1, 0.15) is 43.5 Å². The van der Waals surface area contributed by atoms with Crippen molar-refractivity contribution in [3.05, 3.63) is 61.2 Å². The zero-order valence-electron chi connectivity index (χ0n) is 15.5. The quantitative estimate of drug-likeness (QED) is 0.154. The van der Waals surface area contributed by atoms with Crippen molar-refractivity contribution in [1.29, 1.82) is 5.26 Å². The standard InChI is InChI=1S/C19H18N2O8/c1-6-15(22)26-9-19(10-27-16(23)7-2,11-28-17(24)13(3)8-20)12-29-18(25)14(4)21-5/h6-7H,1-4,9-12H2. The molecule has 0 bridgehead atoms. The molecule has 0 fully saturated rings. The Balaban J connectivity index is 5.67. The molecule has 29 heavy (non-hydrogen) atoms. The van der Waals surface area contributed by atoms with E-state index in [4.69, 9.17) is 30.8 Å². The van der Waals surface area contributed by atoms with Crippen molar-refractivity contribution < 1.29 is 38.1 Å². The summed E-state index contributed by atoms with van der Waals surface area (Å²) in [5, 5.41) is 8.70. The number of nitrogens with zero attached hydrogens (tertiary/aromatic N) is 2. The van der Waals surface area contributed by atoms with E-state index in [1.807, 2.05) is 0 Å². The molecule has 0 N–H and O–H groups in total. The first kappa shape index (κ1) is 24.8. The molecule has 0 saturated heterocycles. The summed E-state index contributed by atoms with van der Waals surface area (Å²) in [5.74, 6) is -3.87. The van der Waals surface area contributed by atoms with Gasteiger partial charge in [0, 0.05) is 12.2 Å². The van der Waals surface area contributed by atoms with Crippen LogP contribution in [0.5, 0.6) is 0 Å². The van der Waals surface area contributed by atoms with E-state index in [0.29, 0.717) is 0 Å². The van der Waals surface area contributed by atoms with E-state index >= 15 is 0 Å². The molecule has 0 aliphatic carbocycles. The average molecular weight is 402 g/mol. The second kappa shape index (κ2) is 12.3. The Labute approximate surface area is 167 Å². The SMILES string of the molecule is [C-]#[N+]C(=C)C(=O)OCC(COC(=O)C=C)(COC(=O)C=C)COC(=O)C(=C)C#N. The Hall–Kier alpha value is -4.18. The number of rotatable bonds is 12. The summed E-state index contributed by atoms with van der Waals surface area (Å²) in [6.07, 6.45) is 1.72. The van der Waals surface area contributed by atoms with E-state index < -0.39 is 67.0 Å². The van der Waals surface area contributed by atoms with Crippen LogP contribution in [0.3, 0.4) is 0 Å². The van der Waals surface area contributed by atoms with Gasteiger partial charge < -0.3 is 18.9 Å². The summed E-state index contributed by atoms with van der Waals surface area (Å²) in [7, 11) is 0. The zero-order chi connectivity index (χ0) is 22.4. The minimum atomic E-state index is -1.57. The van der Waals surface area contributed by atoms with E-state index in [1.54, 1.807) is 0 Å². The topological polar surface area (TPSA) is 133 Å². The highest BCUT2D eigenvalue weighted by Crippen LogP contribution is 2.22. The smallest absolute Gasteiger partial charge is 0.348 e. The minimum absolute atomic E-state index is 0.511. The van der Waals surface area contributed by atoms with Crippen LogP contribution >= 0.6 is 0 Å². The van der Waals surface area contributed by atoms with Gasteiger partial charge in [-0.1, -0.05) is 26.3 Å². The molecule has 0 amide bonds. The van der Waals surface area contributed by atoms with E-state index in [-0.39, 0.29) is 0 Å². The second-order valence-corrected chi connectivity index (χ2v) is 5.42. The molecular weight excluding hydrogens is 384 g/mol. The van der Waals surface area contributed by atoms with Crippen LogP contribution in [0.4, 0.5) is 0 Å². The van der Waals surface area contributed by atoms with E-state index in [9.17, 15) is 19.2 Å². The Kier molecular flexibility index (Phi) is 10.5. The third-order valence-electron chi connectivity index (χ3n) is 3.15. The lowest BCUT2D eigenvalue weighted by molar-refractivity contribution is -0.164. The molecule has 0 aromatic heterocycles. The van der Waals surface area contributed by atoms with Crippen LogP contribution in [0, 0.1) is 23.3 Å². The molecule has 0 aliphatic heterocycles. The number of hydrogen-bond donors (Lipinski definition) is 0. The maximum absolute atomic E-state index is 11.8. The van der Waals surface area contributed by atoms with Gasteiger partial charge >= 0.3 is 23.9 Å². The van der Waals surface area contributed by atoms with Crippen molar-refractivity contribution in [3.8, 4) is 6.07 Å². The van der Waals surface area contributed by atoms with Gasteiger partial charge in [0.15, 0.2) is 0 Å². The number of ether oxygens (including phenoxy) is 4. The lowest BCUT2D eigenvalue weighted by Gasteiger charge is -2.31. The second-order valence-electron chi connectivity index (χ2n) is 5.42. The van der Waals surface area contributed by atoms with E-state index in [0.717, 1.165) is 12.2 Å². The highest BCUT2D eigenvalue weighted by molar-refractivity contribution is 5.92. The normalized spacial score (nSPS) is 9.59. The summed E-state index contributed by atoms with van der Waals surface area (Å²) < 4.78 is 19.8. The zero-order valence-corrected chi connectivity index (χ0v) is 15.5. The Bertz CT molecular complexity index is 745. The molecule has 0 spiro atoms. The van der Waals surface area contributed by atoms with E-state index in [2.05, 4.69) is 31.2 Å². The summed E-state index contributed by atoms with van der Waals surface area (Å²) in [6.45, 7) is 17.3. The molecule has 0 rings (SSSR count). The molecule has 0 atom stereocenters. The van der Waals surface area contributed by atoms with Gasteiger partial charge in [-0.25, -0.2) is 19.2 Å².